The lowest BCUT2D eigenvalue weighted by Gasteiger charge is -1.92. The molecule has 0 amide bonds. The summed E-state index contributed by atoms with van der Waals surface area (Å²) in [4.78, 5) is 13.0. The fourth-order valence-electron chi connectivity index (χ4n) is 1.15. The summed E-state index contributed by atoms with van der Waals surface area (Å²) in [6.07, 6.45) is 0. The number of hydrogen-bond donors (Lipinski definition) is 0. The van der Waals surface area contributed by atoms with Crippen LogP contribution in [0.3, 0.4) is 0 Å². The molecule has 0 aliphatic rings. The average Bonchev–Trinajstić information content (AvgIpc) is 2.73. The van der Waals surface area contributed by atoms with Crippen molar-refractivity contribution in [3.63, 3.8) is 0 Å². The van der Waals surface area contributed by atoms with E-state index in [0.29, 0.717) is 5.56 Å². The molecule has 2 rings (SSSR count). The lowest BCUT2D eigenvalue weighted by atomic mass is 10.2. The van der Waals surface area contributed by atoms with Crippen LogP contribution in [-0.4, -0.2) is 5.78 Å². The second-order valence-electron chi connectivity index (χ2n) is 2.87. The topological polar surface area (TPSA) is 17.1 Å². The maximum Gasteiger partial charge on any atom is 0.206 e. The second-order valence-corrected chi connectivity index (χ2v) is 4.90. The SMILES string of the molecule is Cc1cc(C(=O)c2sccc2F)cs1. The van der Waals surface area contributed by atoms with Crippen LogP contribution < -0.4 is 0 Å². The van der Waals surface area contributed by atoms with Crippen LogP contribution in [0.15, 0.2) is 22.9 Å². The average molecular weight is 226 g/mol. The molecule has 0 aliphatic heterocycles. The van der Waals surface area contributed by atoms with Gasteiger partial charge in [-0.15, -0.1) is 22.7 Å². The highest BCUT2D eigenvalue weighted by molar-refractivity contribution is 7.12. The normalized spacial score (nSPS) is 10.4. The molecule has 2 heterocycles. The van der Waals surface area contributed by atoms with Gasteiger partial charge in [0.1, 0.15) is 10.7 Å². The van der Waals surface area contributed by atoms with Gasteiger partial charge in [0.05, 0.1) is 0 Å². The summed E-state index contributed by atoms with van der Waals surface area (Å²) in [5, 5.41) is 3.35. The van der Waals surface area contributed by atoms with Gasteiger partial charge >= 0.3 is 0 Å². The van der Waals surface area contributed by atoms with Crippen molar-refractivity contribution in [2.75, 3.05) is 0 Å². The predicted octanol–water partition coefficient (Wildman–Crippen LogP) is 3.49. The van der Waals surface area contributed by atoms with Crippen molar-refractivity contribution >= 4 is 28.5 Å². The van der Waals surface area contributed by atoms with Crippen molar-refractivity contribution in [3.05, 3.63) is 44.0 Å². The Morgan fingerprint density at radius 1 is 1.43 bits per heavy atom. The highest BCUT2D eigenvalue weighted by Crippen LogP contribution is 2.22. The Labute approximate surface area is 88.8 Å². The lowest BCUT2D eigenvalue weighted by Crippen LogP contribution is -1.98. The third-order valence-electron chi connectivity index (χ3n) is 1.82. The van der Waals surface area contributed by atoms with Gasteiger partial charge in [-0.3, -0.25) is 4.79 Å². The maximum atomic E-state index is 13.1. The molecule has 0 fully saturated rings. The molecule has 0 unspecified atom stereocenters. The van der Waals surface area contributed by atoms with Crippen LogP contribution in [0.25, 0.3) is 0 Å². The Balaban J connectivity index is 2.38. The molecule has 0 aromatic carbocycles. The zero-order chi connectivity index (χ0) is 10.1. The van der Waals surface area contributed by atoms with Gasteiger partial charge in [0.15, 0.2) is 0 Å². The van der Waals surface area contributed by atoms with Crippen LogP contribution in [0.4, 0.5) is 4.39 Å². The molecule has 1 nitrogen and oxygen atoms in total. The first-order valence-corrected chi connectivity index (χ1v) is 5.77. The van der Waals surface area contributed by atoms with Crippen LogP contribution in [0.1, 0.15) is 20.1 Å². The summed E-state index contributed by atoms with van der Waals surface area (Å²) in [6, 6.07) is 3.10. The van der Waals surface area contributed by atoms with Gasteiger partial charge < -0.3 is 0 Å². The number of halogens is 1. The summed E-state index contributed by atoms with van der Waals surface area (Å²) in [5.74, 6) is -0.647. The van der Waals surface area contributed by atoms with Crippen molar-refractivity contribution < 1.29 is 9.18 Å². The molecule has 2 aromatic heterocycles. The third-order valence-corrected chi connectivity index (χ3v) is 3.57. The Kier molecular flexibility index (Phi) is 2.48. The van der Waals surface area contributed by atoms with Gasteiger partial charge in [0, 0.05) is 15.8 Å². The summed E-state index contributed by atoms with van der Waals surface area (Å²) < 4.78 is 13.1. The predicted molar refractivity (Wildman–Crippen MR) is 56.8 cm³/mol. The fraction of sp³-hybridized carbons (Fsp3) is 0.100. The number of thiophene rings is 2. The summed E-state index contributed by atoms with van der Waals surface area (Å²) >= 11 is 2.64. The highest BCUT2D eigenvalue weighted by Gasteiger charge is 2.15. The standard InChI is InChI=1S/C10H7FOS2/c1-6-4-7(5-14-6)9(12)10-8(11)2-3-13-10/h2-5H,1H3. The van der Waals surface area contributed by atoms with Crippen LogP contribution >= 0.6 is 22.7 Å². The molecule has 14 heavy (non-hydrogen) atoms. The number of hydrogen-bond acceptors (Lipinski definition) is 3. The summed E-state index contributed by atoms with van der Waals surface area (Å²) in [6.45, 7) is 1.92. The molecule has 0 radical (unpaired) electrons. The first-order valence-electron chi connectivity index (χ1n) is 4.01. The molecule has 0 atom stereocenters. The Hall–Kier alpha value is -1.00. The van der Waals surface area contributed by atoms with E-state index in [1.807, 2.05) is 6.92 Å². The number of carbonyl (C=O) groups is 1. The quantitative estimate of drug-likeness (QED) is 0.716. The van der Waals surface area contributed by atoms with E-state index in [1.54, 1.807) is 16.8 Å². The monoisotopic (exact) mass is 226 g/mol. The molecule has 0 saturated heterocycles. The molecular weight excluding hydrogens is 219 g/mol. The van der Waals surface area contributed by atoms with Crippen molar-refractivity contribution in [1.82, 2.24) is 0 Å². The number of aryl methyl sites for hydroxylation is 1. The van der Waals surface area contributed by atoms with E-state index in [2.05, 4.69) is 0 Å². The first kappa shape index (κ1) is 9.55. The van der Waals surface area contributed by atoms with E-state index in [1.165, 1.54) is 17.4 Å². The second kappa shape index (κ2) is 3.63. The molecular formula is C10H7FOS2. The minimum absolute atomic E-state index is 0.197. The minimum Gasteiger partial charge on any atom is -0.288 e. The number of rotatable bonds is 2. The van der Waals surface area contributed by atoms with E-state index in [9.17, 15) is 9.18 Å². The molecule has 0 bridgehead atoms. The zero-order valence-corrected chi connectivity index (χ0v) is 9.05. The van der Waals surface area contributed by atoms with Crippen LogP contribution in [0.2, 0.25) is 0 Å². The fourth-order valence-corrected chi connectivity index (χ4v) is 2.56. The van der Waals surface area contributed by atoms with Gasteiger partial charge in [0.25, 0.3) is 0 Å². The van der Waals surface area contributed by atoms with Gasteiger partial charge in [0.2, 0.25) is 5.78 Å². The van der Waals surface area contributed by atoms with Crippen molar-refractivity contribution in [2.24, 2.45) is 0 Å². The van der Waals surface area contributed by atoms with Crippen molar-refractivity contribution in [2.45, 2.75) is 6.92 Å². The number of carbonyl (C=O) groups excluding carboxylic acids is 1. The van der Waals surface area contributed by atoms with E-state index in [-0.39, 0.29) is 10.7 Å². The molecule has 0 saturated carbocycles. The van der Waals surface area contributed by atoms with Crippen molar-refractivity contribution in [3.8, 4) is 0 Å². The van der Waals surface area contributed by atoms with E-state index in [0.717, 1.165) is 16.2 Å². The van der Waals surface area contributed by atoms with E-state index < -0.39 is 5.82 Å². The zero-order valence-electron chi connectivity index (χ0n) is 7.41. The smallest absolute Gasteiger partial charge is 0.206 e. The highest BCUT2D eigenvalue weighted by atomic mass is 32.1. The maximum absolute atomic E-state index is 13.1. The van der Waals surface area contributed by atoms with Gasteiger partial charge in [-0.25, -0.2) is 4.39 Å². The van der Waals surface area contributed by atoms with Crippen LogP contribution in [0, 0.1) is 12.7 Å². The molecule has 4 heteroatoms. The molecule has 0 N–H and O–H groups in total. The molecule has 72 valence electrons. The molecule has 0 spiro atoms. The van der Waals surface area contributed by atoms with Gasteiger partial charge in [-0.05, 0) is 24.4 Å². The van der Waals surface area contributed by atoms with Crippen LogP contribution in [0.5, 0.6) is 0 Å². The first-order chi connectivity index (χ1) is 6.68. The Morgan fingerprint density at radius 3 is 2.71 bits per heavy atom. The Morgan fingerprint density at radius 2 is 2.21 bits per heavy atom. The Bertz CT molecular complexity index is 470. The summed E-state index contributed by atoms with van der Waals surface area (Å²) in [5.41, 5.74) is 0.578. The van der Waals surface area contributed by atoms with E-state index in [4.69, 9.17) is 0 Å². The minimum atomic E-state index is -0.427. The van der Waals surface area contributed by atoms with Gasteiger partial charge in [-0.1, -0.05) is 0 Å². The lowest BCUT2D eigenvalue weighted by molar-refractivity contribution is 0.103. The van der Waals surface area contributed by atoms with Crippen molar-refractivity contribution in [1.29, 1.82) is 0 Å². The van der Waals surface area contributed by atoms with Crippen LogP contribution in [-0.2, 0) is 0 Å². The largest absolute Gasteiger partial charge is 0.288 e. The van der Waals surface area contributed by atoms with E-state index >= 15 is 0 Å². The van der Waals surface area contributed by atoms with Gasteiger partial charge in [-0.2, -0.15) is 0 Å². The molecule has 0 aliphatic carbocycles. The number of ketones is 1. The molecule has 2 aromatic rings. The third kappa shape index (κ3) is 1.63. The summed E-state index contributed by atoms with van der Waals surface area (Å²) in [7, 11) is 0.